The minimum Gasteiger partial charge on any atom is -0.292 e. The smallest absolute Gasteiger partial charge is 0.261 e. The van der Waals surface area contributed by atoms with Crippen molar-refractivity contribution >= 4 is 57.1 Å². The van der Waals surface area contributed by atoms with Crippen molar-refractivity contribution in [1.29, 1.82) is 0 Å². The zero-order valence-electron chi connectivity index (χ0n) is 12.3. The van der Waals surface area contributed by atoms with Gasteiger partial charge in [-0.1, -0.05) is 23.2 Å². The number of thiophene rings is 1. The Morgan fingerprint density at radius 2 is 2.13 bits per heavy atom. The molecule has 0 spiro atoms. The third-order valence-corrected chi connectivity index (χ3v) is 5.40. The fourth-order valence-electron chi connectivity index (χ4n) is 2.89. The van der Waals surface area contributed by atoms with Crippen LogP contribution in [0.1, 0.15) is 22.0 Å². The van der Waals surface area contributed by atoms with Crippen LogP contribution >= 0.6 is 34.5 Å². The summed E-state index contributed by atoms with van der Waals surface area (Å²) in [5.41, 5.74) is 1.50. The number of allylic oxidation sites excluding steroid dienone is 1. The van der Waals surface area contributed by atoms with Gasteiger partial charge < -0.3 is 0 Å². The van der Waals surface area contributed by atoms with Gasteiger partial charge in [-0.05, 0) is 49.3 Å². The van der Waals surface area contributed by atoms with Gasteiger partial charge in [0.2, 0.25) is 0 Å². The Balaban J connectivity index is 1.96. The summed E-state index contributed by atoms with van der Waals surface area (Å²) in [6.07, 6.45) is 2.90. The lowest BCUT2D eigenvalue weighted by Gasteiger charge is -2.07. The molecule has 1 aromatic carbocycles. The minimum atomic E-state index is -0.0832. The van der Waals surface area contributed by atoms with E-state index in [1.54, 1.807) is 28.0 Å². The molecule has 1 aliphatic heterocycles. The van der Waals surface area contributed by atoms with Crippen molar-refractivity contribution in [3.05, 3.63) is 60.2 Å². The Bertz CT molecular complexity index is 1030. The summed E-state index contributed by atoms with van der Waals surface area (Å²) in [7, 11) is 0. The molecule has 3 nitrogen and oxygen atoms in total. The molecule has 3 aromatic rings. The van der Waals surface area contributed by atoms with E-state index in [2.05, 4.69) is 30.1 Å². The Morgan fingerprint density at radius 3 is 2.87 bits per heavy atom. The van der Waals surface area contributed by atoms with Crippen LogP contribution in [0.4, 0.5) is 0 Å². The first-order chi connectivity index (χ1) is 11.0. The quantitative estimate of drug-likeness (QED) is 0.609. The first-order valence-electron chi connectivity index (χ1n) is 7.20. The second kappa shape index (κ2) is 5.48. The maximum atomic E-state index is 12.7. The Labute approximate surface area is 146 Å². The summed E-state index contributed by atoms with van der Waals surface area (Å²) in [4.78, 5) is 19.8. The van der Waals surface area contributed by atoms with Gasteiger partial charge in [0, 0.05) is 21.3 Å². The molecular formula is C17H12Cl2N2OS. The third-order valence-electron chi connectivity index (χ3n) is 3.95. The molecule has 116 valence electrons. The highest BCUT2D eigenvalue weighted by atomic mass is 35.5. The van der Waals surface area contributed by atoms with Gasteiger partial charge in [0.25, 0.3) is 5.56 Å². The maximum absolute atomic E-state index is 12.7. The van der Waals surface area contributed by atoms with Crippen molar-refractivity contribution < 1.29 is 0 Å². The number of hydrogen-bond acceptors (Lipinski definition) is 3. The number of aromatic nitrogens is 2. The fourth-order valence-corrected chi connectivity index (χ4v) is 4.27. The normalized spacial score (nSPS) is 15.5. The molecule has 23 heavy (non-hydrogen) atoms. The number of hydrogen-bond donors (Lipinski definition) is 0. The average molecular weight is 363 g/mol. The van der Waals surface area contributed by atoms with Crippen LogP contribution in [0.5, 0.6) is 0 Å². The van der Waals surface area contributed by atoms with Gasteiger partial charge in [-0.2, -0.15) is 0 Å². The molecule has 3 heterocycles. The highest BCUT2D eigenvalue weighted by Crippen LogP contribution is 2.31. The molecule has 0 bridgehead atoms. The predicted octanol–water partition coefficient (Wildman–Crippen LogP) is 5.02. The van der Waals surface area contributed by atoms with Gasteiger partial charge in [-0.15, -0.1) is 11.3 Å². The molecule has 1 aliphatic rings. The number of rotatable bonds is 1. The zero-order valence-corrected chi connectivity index (χ0v) is 14.6. The molecule has 0 N–H and O–H groups in total. The number of aryl methyl sites for hydroxylation is 1. The lowest BCUT2D eigenvalue weighted by Crippen LogP contribution is -2.20. The van der Waals surface area contributed by atoms with E-state index < -0.39 is 0 Å². The molecule has 0 unspecified atom stereocenters. The molecule has 0 amide bonds. The maximum Gasteiger partial charge on any atom is 0.261 e. The molecule has 2 aromatic heterocycles. The second-order valence-electron chi connectivity index (χ2n) is 5.54. The van der Waals surface area contributed by atoms with Crippen molar-refractivity contribution in [1.82, 2.24) is 9.55 Å². The molecule has 6 heteroatoms. The van der Waals surface area contributed by atoms with Crippen LogP contribution < -0.4 is 5.56 Å². The number of nitrogens with zero attached hydrogens (tertiary/aromatic N) is 2. The van der Waals surface area contributed by atoms with Crippen LogP contribution in [0.2, 0.25) is 10.0 Å². The van der Waals surface area contributed by atoms with Crippen LogP contribution in [-0.4, -0.2) is 9.55 Å². The molecule has 0 radical (unpaired) electrons. The largest absolute Gasteiger partial charge is 0.292 e. The molecule has 0 saturated heterocycles. The molecule has 0 saturated carbocycles. The number of benzene rings is 1. The minimum absolute atomic E-state index is 0.0832. The van der Waals surface area contributed by atoms with Crippen molar-refractivity contribution in [2.75, 3.05) is 0 Å². The number of fused-ring (bicyclic) bond motifs is 2. The third kappa shape index (κ3) is 2.51. The lowest BCUT2D eigenvalue weighted by atomic mass is 10.2. The van der Waals surface area contributed by atoms with E-state index >= 15 is 0 Å². The number of halogens is 2. The predicted molar refractivity (Wildman–Crippen MR) is 97.6 cm³/mol. The monoisotopic (exact) mass is 362 g/mol. The Kier molecular flexibility index (Phi) is 3.56. The van der Waals surface area contributed by atoms with Crippen LogP contribution in [-0.2, 0) is 6.54 Å². The summed E-state index contributed by atoms with van der Waals surface area (Å²) in [6.45, 7) is 2.71. The summed E-state index contributed by atoms with van der Waals surface area (Å²) in [6, 6.07) is 7.43. The SMILES string of the molecule is Cc1ccc(/C=C2\CCn3c2nc2c(Cl)cc(Cl)cc2c3=O)s1. The summed E-state index contributed by atoms with van der Waals surface area (Å²) >= 11 is 14.0. The van der Waals surface area contributed by atoms with Crippen LogP contribution in [0.3, 0.4) is 0 Å². The van der Waals surface area contributed by atoms with E-state index in [-0.39, 0.29) is 5.56 Å². The highest BCUT2D eigenvalue weighted by Gasteiger charge is 2.22. The van der Waals surface area contributed by atoms with Gasteiger partial charge >= 0.3 is 0 Å². The van der Waals surface area contributed by atoms with Crippen LogP contribution in [0.15, 0.2) is 29.1 Å². The van der Waals surface area contributed by atoms with E-state index in [0.717, 1.165) is 12.0 Å². The average Bonchev–Trinajstić information content (AvgIpc) is 3.08. The van der Waals surface area contributed by atoms with Crippen LogP contribution in [0.25, 0.3) is 22.6 Å². The van der Waals surface area contributed by atoms with Crippen molar-refractivity contribution in [2.24, 2.45) is 0 Å². The first kappa shape index (κ1) is 14.9. The van der Waals surface area contributed by atoms with Gasteiger partial charge in [-0.3, -0.25) is 9.36 Å². The summed E-state index contributed by atoms with van der Waals surface area (Å²) in [5.74, 6) is 0.706. The van der Waals surface area contributed by atoms with Crippen molar-refractivity contribution in [3.8, 4) is 0 Å². The van der Waals surface area contributed by atoms with Gasteiger partial charge in [0.15, 0.2) is 0 Å². The first-order valence-corrected chi connectivity index (χ1v) is 8.77. The molecule has 0 aliphatic carbocycles. The van der Waals surface area contributed by atoms with E-state index in [0.29, 0.717) is 33.3 Å². The lowest BCUT2D eigenvalue weighted by molar-refractivity contribution is 0.725. The topological polar surface area (TPSA) is 34.9 Å². The van der Waals surface area contributed by atoms with E-state index in [1.807, 2.05) is 0 Å². The van der Waals surface area contributed by atoms with Crippen LogP contribution in [0, 0.1) is 6.92 Å². The Hall–Kier alpha value is -1.62. The summed E-state index contributed by atoms with van der Waals surface area (Å²) < 4.78 is 1.71. The van der Waals surface area contributed by atoms with Gasteiger partial charge in [0.05, 0.1) is 15.9 Å². The standard InChI is InChI=1S/C17H12Cl2N2OS/c1-9-2-3-12(23-9)6-10-4-5-21-16(10)20-15-13(17(21)22)7-11(18)8-14(15)19/h2-3,6-8H,4-5H2,1H3/b10-6+. The zero-order chi connectivity index (χ0) is 16.1. The fraction of sp³-hybridized carbons (Fsp3) is 0.176. The second-order valence-corrected chi connectivity index (χ2v) is 7.71. The highest BCUT2D eigenvalue weighted by molar-refractivity contribution is 7.12. The Morgan fingerprint density at radius 1 is 1.30 bits per heavy atom. The van der Waals surface area contributed by atoms with Crippen molar-refractivity contribution in [2.45, 2.75) is 19.9 Å². The van der Waals surface area contributed by atoms with E-state index in [1.165, 1.54) is 9.75 Å². The van der Waals surface area contributed by atoms with Gasteiger partial charge in [0.1, 0.15) is 5.82 Å². The molecule has 4 rings (SSSR count). The molecule has 0 fully saturated rings. The summed E-state index contributed by atoms with van der Waals surface area (Å²) in [5, 5.41) is 1.33. The molecule has 0 atom stereocenters. The van der Waals surface area contributed by atoms with Gasteiger partial charge in [-0.25, -0.2) is 4.98 Å². The van der Waals surface area contributed by atoms with Crippen molar-refractivity contribution in [3.63, 3.8) is 0 Å². The molecular weight excluding hydrogens is 351 g/mol. The van der Waals surface area contributed by atoms with E-state index in [9.17, 15) is 4.79 Å². The van der Waals surface area contributed by atoms with E-state index in [4.69, 9.17) is 23.2 Å².